The minimum atomic E-state index is 0.163. The quantitative estimate of drug-likeness (QED) is 0.699. The normalized spacial score (nSPS) is 21.3. The first-order chi connectivity index (χ1) is 8.08. The Kier molecular flexibility index (Phi) is 4.07. The van der Waals surface area contributed by atoms with Crippen molar-refractivity contribution in [3.05, 3.63) is 33.1 Å². The van der Waals surface area contributed by atoms with Gasteiger partial charge in [0.1, 0.15) is 0 Å². The van der Waals surface area contributed by atoms with Crippen LogP contribution in [-0.4, -0.2) is 17.4 Å². The first-order valence-electron chi connectivity index (χ1n) is 6.15. The zero-order valence-corrected chi connectivity index (χ0v) is 12.5. The second kappa shape index (κ2) is 5.38. The van der Waals surface area contributed by atoms with Gasteiger partial charge in [-0.3, -0.25) is 4.79 Å². The lowest BCUT2D eigenvalue weighted by atomic mass is 9.95. The van der Waals surface area contributed by atoms with E-state index in [1.165, 1.54) is 14.8 Å². The molecule has 0 saturated carbocycles. The first-order valence-corrected chi connectivity index (χ1v) is 7.23. The molecule has 1 aliphatic carbocycles. The molecular weight excluding hydrogens is 325 g/mol. The summed E-state index contributed by atoms with van der Waals surface area (Å²) in [4.78, 5) is 14.0. The highest BCUT2D eigenvalue weighted by Crippen LogP contribution is 2.28. The van der Waals surface area contributed by atoms with Crippen LogP contribution < -0.4 is 0 Å². The third-order valence-corrected chi connectivity index (χ3v) is 4.26. The van der Waals surface area contributed by atoms with Gasteiger partial charge >= 0.3 is 0 Å². The van der Waals surface area contributed by atoms with Gasteiger partial charge in [-0.25, -0.2) is 0 Å². The van der Waals surface area contributed by atoms with E-state index in [2.05, 4.69) is 48.6 Å². The fourth-order valence-electron chi connectivity index (χ4n) is 2.23. The van der Waals surface area contributed by atoms with E-state index < -0.39 is 0 Å². The van der Waals surface area contributed by atoms with Crippen LogP contribution >= 0.6 is 22.6 Å². The second-order valence-corrected chi connectivity index (χ2v) is 6.27. The Morgan fingerprint density at radius 2 is 2.00 bits per heavy atom. The molecule has 0 radical (unpaired) electrons. The van der Waals surface area contributed by atoms with Gasteiger partial charge in [-0.2, -0.15) is 0 Å². The number of nitrogens with zero attached hydrogens (tertiary/aromatic N) is 1. The van der Waals surface area contributed by atoms with Crippen LogP contribution in [0.4, 0.5) is 0 Å². The van der Waals surface area contributed by atoms with Gasteiger partial charge in [-0.1, -0.05) is 25.5 Å². The molecule has 2 nitrogen and oxygen atoms in total. The summed E-state index contributed by atoms with van der Waals surface area (Å²) >= 11 is 2.36. The van der Waals surface area contributed by atoms with Crippen molar-refractivity contribution < 1.29 is 4.79 Å². The zero-order valence-electron chi connectivity index (χ0n) is 10.4. The van der Waals surface area contributed by atoms with Crippen LogP contribution in [-0.2, 0) is 4.79 Å². The van der Waals surface area contributed by atoms with E-state index in [4.69, 9.17) is 0 Å². The number of allylic oxidation sites excluding steroid dienone is 4. The Morgan fingerprint density at radius 3 is 2.53 bits per heavy atom. The fraction of sp³-hybridized carbons (Fsp3) is 0.500. The molecule has 0 aromatic rings. The molecular formula is C14H18INO. The van der Waals surface area contributed by atoms with Crippen LogP contribution in [0.3, 0.4) is 0 Å². The predicted molar refractivity (Wildman–Crippen MR) is 78.7 cm³/mol. The van der Waals surface area contributed by atoms with Crippen molar-refractivity contribution in [1.29, 1.82) is 0 Å². The average molecular weight is 343 g/mol. The van der Waals surface area contributed by atoms with Crippen LogP contribution in [0.2, 0.25) is 0 Å². The Balaban J connectivity index is 2.13. The summed E-state index contributed by atoms with van der Waals surface area (Å²) in [7, 11) is 0. The van der Waals surface area contributed by atoms with E-state index in [1.807, 2.05) is 11.0 Å². The Bertz CT molecular complexity index is 418. The second-order valence-electron chi connectivity index (χ2n) is 4.89. The summed E-state index contributed by atoms with van der Waals surface area (Å²) in [6, 6.07) is 0. The highest BCUT2D eigenvalue weighted by atomic mass is 127. The lowest BCUT2D eigenvalue weighted by Crippen LogP contribution is -2.34. The number of halogens is 1. The molecule has 0 aromatic heterocycles. The van der Waals surface area contributed by atoms with Crippen molar-refractivity contribution in [2.24, 2.45) is 5.92 Å². The van der Waals surface area contributed by atoms with Gasteiger partial charge in [-0.15, -0.1) is 0 Å². The van der Waals surface area contributed by atoms with Gasteiger partial charge < -0.3 is 4.90 Å². The summed E-state index contributed by atoms with van der Waals surface area (Å²) in [5, 5.41) is 0. The maximum absolute atomic E-state index is 12.1. The van der Waals surface area contributed by atoms with Crippen LogP contribution in [0.15, 0.2) is 33.1 Å². The molecule has 0 N–H and O–H groups in total. The molecule has 0 bridgehead atoms. The largest absolute Gasteiger partial charge is 0.312 e. The summed E-state index contributed by atoms with van der Waals surface area (Å²) < 4.78 is 1.37. The maximum Gasteiger partial charge on any atom is 0.250 e. The Labute approximate surface area is 117 Å². The van der Waals surface area contributed by atoms with Crippen molar-refractivity contribution in [1.82, 2.24) is 4.90 Å². The highest BCUT2D eigenvalue weighted by molar-refractivity contribution is 14.1. The van der Waals surface area contributed by atoms with Gasteiger partial charge in [0.15, 0.2) is 0 Å². The molecule has 1 heterocycles. The smallest absolute Gasteiger partial charge is 0.250 e. The molecule has 92 valence electrons. The number of hydrogen-bond acceptors (Lipinski definition) is 1. The van der Waals surface area contributed by atoms with Crippen LogP contribution in [0, 0.1) is 5.92 Å². The molecule has 0 fully saturated rings. The van der Waals surface area contributed by atoms with E-state index in [-0.39, 0.29) is 5.91 Å². The molecule has 0 spiro atoms. The third kappa shape index (κ3) is 3.00. The predicted octanol–water partition coefficient (Wildman–Crippen LogP) is 3.80. The van der Waals surface area contributed by atoms with E-state index in [9.17, 15) is 4.79 Å². The van der Waals surface area contributed by atoms with Crippen molar-refractivity contribution in [2.75, 3.05) is 6.54 Å². The molecule has 1 aliphatic heterocycles. The summed E-state index contributed by atoms with van der Waals surface area (Å²) in [5.41, 5.74) is 2.46. The van der Waals surface area contributed by atoms with Crippen molar-refractivity contribution >= 4 is 28.5 Å². The molecule has 0 saturated heterocycles. The number of carbonyl (C=O) groups excluding carboxylic acids is 1. The molecule has 1 amide bonds. The molecule has 3 heteroatoms. The maximum atomic E-state index is 12.1. The van der Waals surface area contributed by atoms with Gasteiger partial charge in [0.05, 0.1) is 0 Å². The SMILES string of the molecule is CC(C)C1=CC(=O)N(C2=CC=C(I)CC2)CC1. The number of hydrogen-bond donors (Lipinski definition) is 0. The monoisotopic (exact) mass is 343 g/mol. The van der Waals surface area contributed by atoms with E-state index in [0.717, 1.165) is 25.8 Å². The van der Waals surface area contributed by atoms with Crippen LogP contribution in [0.1, 0.15) is 33.1 Å². The third-order valence-electron chi connectivity index (χ3n) is 3.36. The zero-order chi connectivity index (χ0) is 12.4. The van der Waals surface area contributed by atoms with E-state index >= 15 is 0 Å². The fourth-order valence-corrected chi connectivity index (χ4v) is 2.68. The summed E-state index contributed by atoms with van der Waals surface area (Å²) in [6.07, 6.45) is 9.12. The molecule has 17 heavy (non-hydrogen) atoms. The van der Waals surface area contributed by atoms with Gasteiger partial charge in [0.25, 0.3) is 5.91 Å². The Morgan fingerprint density at radius 1 is 1.24 bits per heavy atom. The van der Waals surface area contributed by atoms with Gasteiger partial charge in [0, 0.05) is 18.3 Å². The van der Waals surface area contributed by atoms with Crippen LogP contribution in [0.5, 0.6) is 0 Å². The average Bonchev–Trinajstić information content (AvgIpc) is 2.30. The molecule has 2 aliphatic rings. The minimum absolute atomic E-state index is 0.163. The minimum Gasteiger partial charge on any atom is -0.312 e. The Hall–Kier alpha value is -0.580. The van der Waals surface area contributed by atoms with Gasteiger partial charge in [-0.05, 0) is 57.4 Å². The standard InChI is InChI=1S/C14H18INO/c1-10(2)11-7-8-16(14(17)9-11)13-5-3-12(15)4-6-13/h3,5,9-10H,4,6-8H2,1-2H3. The molecule has 0 atom stereocenters. The lowest BCUT2D eigenvalue weighted by molar-refractivity contribution is -0.125. The van der Waals surface area contributed by atoms with Gasteiger partial charge in [0.2, 0.25) is 0 Å². The van der Waals surface area contributed by atoms with E-state index in [0.29, 0.717) is 5.92 Å². The summed E-state index contributed by atoms with van der Waals surface area (Å²) in [5.74, 6) is 0.652. The van der Waals surface area contributed by atoms with Crippen molar-refractivity contribution in [2.45, 2.75) is 33.1 Å². The number of rotatable bonds is 2. The van der Waals surface area contributed by atoms with Crippen molar-refractivity contribution in [3.63, 3.8) is 0 Å². The highest BCUT2D eigenvalue weighted by Gasteiger charge is 2.23. The summed E-state index contributed by atoms with van der Waals surface area (Å²) in [6.45, 7) is 5.15. The number of carbonyl (C=O) groups is 1. The molecule has 2 rings (SSSR count). The topological polar surface area (TPSA) is 20.3 Å². The number of amides is 1. The first kappa shape index (κ1) is 12.9. The molecule has 0 unspecified atom stereocenters. The van der Waals surface area contributed by atoms with Crippen molar-refractivity contribution in [3.8, 4) is 0 Å². The van der Waals surface area contributed by atoms with E-state index in [1.54, 1.807) is 0 Å². The lowest BCUT2D eigenvalue weighted by Gasteiger charge is -2.30. The van der Waals surface area contributed by atoms with Crippen LogP contribution in [0.25, 0.3) is 0 Å². The molecule has 0 aromatic carbocycles.